The number of nitrogens with zero attached hydrogens (tertiary/aromatic N) is 4. The van der Waals surface area contributed by atoms with Gasteiger partial charge in [0.05, 0.1) is 22.1 Å². The topological polar surface area (TPSA) is 67.7 Å². The summed E-state index contributed by atoms with van der Waals surface area (Å²) in [7, 11) is 0. The van der Waals surface area contributed by atoms with Gasteiger partial charge in [-0.05, 0) is 58.9 Å². The summed E-state index contributed by atoms with van der Waals surface area (Å²) in [5, 5.41) is 5.08. The van der Waals surface area contributed by atoms with Crippen molar-refractivity contribution >= 4 is 23.6 Å². The zero-order valence-electron chi connectivity index (χ0n) is 17.5. The van der Waals surface area contributed by atoms with Crippen LogP contribution in [0.3, 0.4) is 0 Å². The number of halogens is 1. The molecule has 0 N–H and O–H groups in total. The highest BCUT2D eigenvalue weighted by Crippen LogP contribution is 2.23. The SMILES string of the molecule is Cc1nn(-c2ccc(C(=O)N3CCN(C(=O)OC(C)(C)C)CC3)cc2)c(C)c1Cl. The van der Waals surface area contributed by atoms with Crippen LogP contribution < -0.4 is 0 Å². The van der Waals surface area contributed by atoms with E-state index in [1.54, 1.807) is 26.6 Å². The molecular weight excluding hydrogens is 392 g/mol. The lowest BCUT2D eigenvalue weighted by atomic mass is 10.1. The average Bonchev–Trinajstić information content (AvgIpc) is 2.94. The third kappa shape index (κ3) is 4.72. The molecule has 0 aliphatic carbocycles. The molecule has 1 aromatic heterocycles. The minimum atomic E-state index is -0.526. The van der Waals surface area contributed by atoms with Gasteiger partial charge in [-0.25, -0.2) is 9.48 Å². The molecule has 0 bridgehead atoms. The van der Waals surface area contributed by atoms with Crippen LogP contribution >= 0.6 is 11.6 Å². The molecule has 3 rings (SSSR count). The van der Waals surface area contributed by atoms with Crippen LogP contribution in [0.15, 0.2) is 24.3 Å². The molecule has 1 aliphatic rings. The Balaban J connectivity index is 1.63. The summed E-state index contributed by atoms with van der Waals surface area (Å²) in [6, 6.07) is 7.31. The third-order valence-corrected chi connectivity index (χ3v) is 5.33. The molecule has 8 heteroatoms. The smallest absolute Gasteiger partial charge is 0.410 e. The van der Waals surface area contributed by atoms with Crippen molar-refractivity contribution < 1.29 is 14.3 Å². The van der Waals surface area contributed by atoms with Crippen molar-refractivity contribution in [3.8, 4) is 5.69 Å². The predicted molar refractivity (Wildman–Crippen MR) is 112 cm³/mol. The Labute approximate surface area is 176 Å². The molecule has 2 heterocycles. The maximum Gasteiger partial charge on any atom is 0.410 e. The van der Waals surface area contributed by atoms with Crippen molar-refractivity contribution in [3.63, 3.8) is 0 Å². The van der Waals surface area contributed by atoms with Crippen molar-refractivity contribution in [2.45, 2.75) is 40.2 Å². The third-order valence-electron chi connectivity index (χ3n) is 4.78. The van der Waals surface area contributed by atoms with Gasteiger partial charge in [0.25, 0.3) is 5.91 Å². The molecule has 7 nitrogen and oxygen atoms in total. The fourth-order valence-electron chi connectivity index (χ4n) is 3.22. The van der Waals surface area contributed by atoms with Gasteiger partial charge < -0.3 is 14.5 Å². The van der Waals surface area contributed by atoms with Crippen LogP contribution in [0.1, 0.15) is 42.5 Å². The summed E-state index contributed by atoms with van der Waals surface area (Å²) in [5.41, 5.74) is 2.56. The molecule has 0 radical (unpaired) electrons. The van der Waals surface area contributed by atoms with Gasteiger partial charge in [0.2, 0.25) is 0 Å². The lowest BCUT2D eigenvalue weighted by Crippen LogP contribution is -2.51. The van der Waals surface area contributed by atoms with Crippen LogP contribution in [0.5, 0.6) is 0 Å². The monoisotopic (exact) mass is 418 g/mol. The zero-order chi connectivity index (χ0) is 21.3. The Hall–Kier alpha value is -2.54. The first-order valence-electron chi connectivity index (χ1n) is 9.66. The first-order chi connectivity index (χ1) is 13.6. The molecule has 29 heavy (non-hydrogen) atoms. The van der Waals surface area contributed by atoms with Gasteiger partial charge in [-0.3, -0.25) is 4.79 Å². The summed E-state index contributed by atoms with van der Waals surface area (Å²) < 4.78 is 7.17. The van der Waals surface area contributed by atoms with Crippen LogP contribution in [0, 0.1) is 13.8 Å². The van der Waals surface area contributed by atoms with Gasteiger partial charge in [0, 0.05) is 31.7 Å². The minimum Gasteiger partial charge on any atom is -0.444 e. The van der Waals surface area contributed by atoms with Crippen LogP contribution in [-0.4, -0.2) is 63.4 Å². The van der Waals surface area contributed by atoms with E-state index in [-0.39, 0.29) is 12.0 Å². The molecule has 2 amide bonds. The standard InChI is InChI=1S/C21H27ClN4O3/c1-14-18(22)15(2)26(23-14)17-8-6-16(7-9-17)19(27)24-10-12-25(13-11-24)20(28)29-21(3,4)5/h6-9H,10-13H2,1-5H3. The first kappa shape index (κ1) is 21.2. The van der Waals surface area contributed by atoms with E-state index in [2.05, 4.69) is 5.10 Å². The van der Waals surface area contributed by atoms with E-state index in [0.717, 1.165) is 17.1 Å². The normalized spacial score (nSPS) is 14.8. The molecule has 0 saturated carbocycles. The molecular formula is C21H27ClN4O3. The maximum atomic E-state index is 12.8. The number of rotatable bonds is 2. The Morgan fingerprint density at radius 3 is 2.03 bits per heavy atom. The number of aryl methyl sites for hydroxylation is 1. The number of piperazine rings is 1. The molecule has 0 unspecified atom stereocenters. The van der Waals surface area contributed by atoms with Crippen molar-refractivity contribution in [2.75, 3.05) is 26.2 Å². The van der Waals surface area contributed by atoms with Gasteiger partial charge in [-0.2, -0.15) is 5.10 Å². The van der Waals surface area contributed by atoms with E-state index in [9.17, 15) is 9.59 Å². The number of benzene rings is 1. The van der Waals surface area contributed by atoms with Crippen LogP contribution in [0.4, 0.5) is 4.79 Å². The van der Waals surface area contributed by atoms with Crippen molar-refractivity contribution in [3.05, 3.63) is 46.2 Å². The quantitative estimate of drug-likeness (QED) is 0.743. The lowest BCUT2D eigenvalue weighted by molar-refractivity contribution is 0.0141. The zero-order valence-corrected chi connectivity index (χ0v) is 18.3. The Morgan fingerprint density at radius 2 is 1.55 bits per heavy atom. The highest BCUT2D eigenvalue weighted by atomic mass is 35.5. The molecule has 1 fully saturated rings. The Kier molecular flexibility index (Phi) is 5.89. The number of carbonyl (C=O) groups is 2. The summed E-state index contributed by atoms with van der Waals surface area (Å²) in [4.78, 5) is 28.4. The summed E-state index contributed by atoms with van der Waals surface area (Å²) in [6.45, 7) is 11.2. The molecule has 1 saturated heterocycles. The second kappa shape index (κ2) is 8.06. The number of amides is 2. The second-order valence-electron chi connectivity index (χ2n) is 8.20. The van der Waals surface area contributed by atoms with Crippen LogP contribution in [0.2, 0.25) is 5.02 Å². The molecule has 1 aromatic carbocycles. The lowest BCUT2D eigenvalue weighted by Gasteiger charge is -2.35. The average molecular weight is 419 g/mol. The fourth-order valence-corrected chi connectivity index (χ4v) is 3.34. The Bertz CT molecular complexity index is 907. The van der Waals surface area contributed by atoms with Crippen molar-refractivity contribution in [2.24, 2.45) is 0 Å². The number of carbonyl (C=O) groups excluding carboxylic acids is 2. The van der Waals surface area contributed by atoms with Gasteiger partial charge in [-0.15, -0.1) is 0 Å². The van der Waals surface area contributed by atoms with Gasteiger partial charge in [0.15, 0.2) is 0 Å². The minimum absolute atomic E-state index is 0.0493. The first-order valence-corrected chi connectivity index (χ1v) is 10.0. The molecule has 156 valence electrons. The van der Waals surface area contributed by atoms with Crippen molar-refractivity contribution in [1.29, 1.82) is 0 Å². The van der Waals surface area contributed by atoms with Gasteiger partial charge in [0.1, 0.15) is 5.60 Å². The highest BCUT2D eigenvalue weighted by Gasteiger charge is 2.28. The van der Waals surface area contributed by atoms with Crippen LogP contribution in [0.25, 0.3) is 5.69 Å². The van der Waals surface area contributed by atoms with Crippen molar-refractivity contribution in [1.82, 2.24) is 19.6 Å². The summed E-state index contributed by atoms with van der Waals surface area (Å²) in [5.74, 6) is -0.0493. The summed E-state index contributed by atoms with van der Waals surface area (Å²) in [6.07, 6.45) is -0.336. The number of hydrogen-bond acceptors (Lipinski definition) is 4. The molecule has 1 aliphatic heterocycles. The largest absolute Gasteiger partial charge is 0.444 e. The van der Waals surface area contributed by atoms with E-state index in [4.69, 9.17) is 16.3 Å². The molecule has 0 atom stereocenters. The highest BCUT2D eigenvalue weighted by molar-refractivity contribution is 6.31. The number of hydrogen-bond donors (Lipinski definition) is 0. The van der Waals surface area contributed by atoms with E-state index in [0.29, 0.717) is 36.8 Å². The van der Waals surface area contributed by atoms with Crippen LogP contribution in [-0.2, 0) is 4.74 Å². The van der Waals surface area contributed by atoms with E-state index in [1.807, 2.05) is 46.8 Å². The summed E-state index contributed by atoms with van der Waals surface area (Å²) >= 11 is 6.22. The van der Waals surface area contributed by atoms with E-state index in [1.165, 1.54) is 0 Å². The van der Waals surface area contributed by atoms with E-state index < -0.39 is 5.60 Å². The predicted octanol–water partition coefficient (Wildman–Crippen LogP) is 3.84. The molecule has 2 aromatic rings. The number of aromatic nitrogens is 2. The number of ether oxygens (including phenoxy) is 1. The van der Waals surface area contributed by atoms with Gasteiger partial charge >= 0.3 is 6.09 Å². The Morgan fingerprint density at radius 1 is 1.00 bits per heavy atom. The maximum absolute atomic E-state index is 12.8. The molecule has 0 spiro atoms. The van der Waals surface area contributed by atoms with Gasteiger partial charge in [-0.1, -0.05) is 11.6 Å². The fraction of sp³-hybridized carbons (Fsp3) is 0.476. The van der Waals surface area contributed by atoms with E-state index >= 15 is 0 Å². The second-order valence-corrected chi connectivity index (χ2v) is 8.58.